The number of aryl methyl sites for hydroxylation is 1. The molecule has 0 amide bonds. The molecule has 25 heavy (non-hydrogen) atoms. The second-order valence-corrected chi connectivity index (χ2v) is 7.48. The first kappa shape index (κ1) is 21.4. The predicted octanol–water partition coefficient (Wildman–Crippen LogP) is 1.35. The van der Waals surface area contributed by atoms with Crippen molar-refractivity contribution >= 4 is 39.8 Å². The van der Waals surface area contributed by atoms with Gasteiger partial charge in [0.1, 0.15) is 0 Å². The molecule has 138 valence electrons. The summed E-state index contributed by atoms with van der Waals surface area (Å²) >= 11 is 0. The van der Waals surface area contributed by atoms with Crippen molar-refractivity contribution in [1.82, 2.24) is 20.4 Å². The molecular weight excluding hydrogens is 453 g/mol. The molecule has 0 unspecified atom stereocenters. The Kier molecular flexibility index (Phi) is 8.36. The summed E-state index contributed by atoms with van der Waals surface area (Å²) in [5.74, 6) is 0.712. The maximum atomic E-state index is 11.4. The van der Waals surface area contributed by atoms with Crippen molar-refractivity contribution in [1.29, 1.82) is 0 Å². The third-order valence-corrected chi connectivity index (χ3v) is 4.77. The molecule has 7 nitrogen and oxygen atoms in total. The molecule has 2 aromatic rings. The molecule has 2 N–H and O–H groups in total. The SMILES string of the molecule is CN=C(NCCc1ccc(S(C)(=O)=O)cc1)NCc1ccnn1C.I. The molecule has 9 heteroatoms. The smallest absolute Gasteiger partial charge is 0.191 e. The summed E-state index contributed by atoms with van der Waals surface area (Å²) in [6, 6.07) is 8.90. The van der Waals surface area contributed by atoms with Crippen LogP contribution in [0.15, 0.2) is 46.4 Å². The van der Waals surface area contributed by atoms with Crippen molar-refractivity contribution < 1.29 is 8.42 Å². The maximum Gasteiger partial charge on any atom is 0.191 e. The van der Waals surface area contributed by atoms with E-state index < -0.39 is 9.84 Å². The summed E-state index contributed by atoms with van der Waals surface area (Å²) in [5, 5.41) is 10.6. The van der Waals surface area contributed by atoms with Crippen LogP contribution < -0.4 is 10.6 Å². The van der Waals surface area contributed by atoms with Gasteiger partial charge in [-0.3, -0.25) is 9.67 Å². The van der Waals surface area contributed by atoms with E-state index in [4.69, 9.17) is 0 Å². The molecule has 0 aliphatic carbocycles. The number of aromatic nitrogens is 2. The molecule has 0 atom stereocenters. The van der Waals surface area contributed by atoms with Crippen LogP contribution in [0.25, 0.3) is 0 Å². The standard InChI is InChI=1S/C16H23N5O2S.HI/c1-17-16(19-12-14-9-11-20-21(14)2)18-10-8-13-4-6-15(7-5-13)24(3,22)23;/h4-7,9,11H,8,10,12H2,1-3H3,(H2,17,18,19);1H. The quantitative estimate of drug-likeness (QED) is 0.373. The highest BCUT2D eigenvalue weighted by Crippen LogP contribution is 2.10. The second-order valence-electron chi connectivity index (χ2n) is 5.46. The normalized spacial score (nSPS) is 11.7. The monoisotopic (exact) mass is 477 g/mol. The van der Waals surface area contributed by atoms with Gasteiger partial charge in [-0.1, -0.05) is 12.1 Å². The molecular formula is C16H24IN5O2S. The fourth-order valence-electron chi connectivity index (χ4n) is 2.20. The van der Waals surface area contributed by atoms with Crippen molar-refractivity contribution in [3.05, 3.63) is 47.8 Å². The molecule has 0 aliphatic heterocycles. The maximum absolute atomic E-state index is 11.4. The molecule has 2 rings (SSSR count). The Bertz CT molecular complexity index is 800. The fraction of sp³-hybridized carbons (Fsp3) is 0.375. The Morgan fingerprint density at radius 3 is 2.40 bits per heavy atom. The summed E-state index contributed by atoms with van der Waals surface area (Å²) in [7, 11) is 0.476. The minimum absolute atomic E-state index is 0. The number of nitrogens with zero attached hydrogens (tertiary/aromatic N) is 3. The van der Waals surface area contributed by atoms with Gasteiger partial charge in [-0.25, -0.2) is 8.42 Å². The van der Waals surface area contributed by atoms with Crippen LogP contribution in [0.3, 0.4) is 0 Å². The van der Waals surface area contributed by atoms with Crippen molar-refractivity contribution in [2.75, 3.05) is 19.8 Å². The lowest BCUT2D eigenvalue weighted by Gasteiger charge is -2.12. The highest BCUT2D eigenvalue weighted by molar-refractivity contribution is 14.0. The van der Waals surface area contributed by atoms with Crippen molar-refractivity contribution in [3.63, 3.8) is 0 Å². The molecule has 0 saturated carbocycles. The zero-order valence-corrected chi connectivity index (χ0v) is 17.7. The van der Waals surface area contributed by atoms with E-state index >= 15 is 0 Å². The Morgan fingerprint density at radius 1 is 1.20 bits per heavy atom. The Balaban J connectivity index is 0.00000312. The van der Waals surface area contributed by atoms with Crippen LogP contribution in [0, 0.1) is 0 Å². The topological polar surface area (TPSA) is 88.4 Å². The lowest BCUT2D eigenvalue weighted by atomic mass is 10.1. The summed E-state index contributed by atoms with van der Waals surface area (Å²) in [6.45, 7) is 1.34. The summed E-state index contributed by atoms with van der Waals surface area (Å²) in [6.07, 6.45) is 3.74. The van der Waals surface area contributed by atoms with E-state index in [1.165, 1.54) is 6.26 Å². The molecule has 1 aromatic carbocycles. The lowest BCUT2D eigenvalue weighted by Crippen LogP contribution is -2.38. The van der Waals surface area contributed by atoms with Crippen LogP contribution in [-0.4, -0.2) is 44.0 Å². The van der Waals surface area contributed by atoms with E-state index in [2.05, 4.69) is 20.7 Å². The first-order chi connectivity index (χ1) is 11.4. The van der Waals surface area contributed by atoms with Gasteiger partial charge in [0.25, 0.3) is 0 Å². The zero-order chi connectivity index (χ0) is 17.6. The first-order valence-corrected chi connectivity index (χ1v) is 9.49. The van der Waals surface area contributed by atoms with Crippen LogP contribution in [0.2, 0.25) is 0 Å². The van der Waals surface area contributed by atoms with Gasteiger partial charge in [0, 0.05) is 33.1 Å². The van der Waals surface area contributed by atoms with E-state index in [-0.39, 0.29) is 24.0 Å². The van der Waals surface area contributed by atoms with Crippen molar-refractivity contribution in [2.45, 2.75) is 17.9 Å². The van der Waals surface area contributed by atoms with E-state index in [1.54, 1.807) is 25.4 Å². The van der Waals surface area contributed by atoms with Crippen LogP contribution in [0.1, 0.15) is 11.3 Å². The van der Waals surface area contributed by atoms with E-state index in [1.807, 2.05) is 29.9 Å². The van der Waals surface area contributed by atoms with Gasteiger partial charge >= 0.3 is 0 Å². The number of hydrogen-bond donors (Lipinski definition) is 2. The third kappa shape index (κ3) is 6.65. The second kappa shape index (κ2) is 9.76. The third-order valence-electron chi connectivity index (χ3n) is 3.64. The van der Waals surface area contributed by atoms with Crippen LogP contribution in [0.4, 0.5) is 0 Å². The number of halogens is 1. The molecule has 0 bridgehead atoms. The van der Waals surface area contributed by atoms with Gasteiger partial charge in [0.2, 0.25) is 0 Å². The molecule has 0 saturated heterocycles. The Labute approximate surface area is 165 Å². The highest BCUT2D eigenvalue weighted by atomic mass is 127. The highest BCUT2D eigenvalue weighted by Gasteiger charge is 2.06. The predicted molar refractivity (Wildman–Crippen MR) is 110 cm³/mol. The molecule has 1 aromatic heterocycles. The van der Waals surface area contributed by atoms with Gasteiger partial charge in [-0.15, -0.1) is 24.0 Å². The number of guanidine groups is 1. The fourth-order valence-corrected chi connectivity index (χ4v) is 2.83. The van der Waals surface area contributed by atoms with E-state index in [0.717, 1.165) is 17.7 Å². The molecule has 0 spiro atoms. The molecule has 0 aliphatic rings. The number of nitrogens with one attached hydrogen (secondary N) is 2. The van der Waals surface area contributed by atoms with Crippen LogP contribution >= 0.6 is 24.0 Å². The number of rotatable bonds is 6. The van der Waals surface area contributed by atoms with Gasteiger partial charge in [0.05, 0.1) is 17.1 Å². The minimum Gasteiger partial charge on any atom is -0.356 e. The van der Waals surface area contributed by atoms with Crippen LogP contribution in [-0.2, 0) is 29.9 Å². The number of hydrogen-bond acceptors (Lipinski definition) is 4. The van der Waals surface area contributed by atoms with Gasteiger partial charge in [-0.2, -0.15) is 5.10 Å². The largest absolute Gasteiger partial charge is 0.356 e. The molecule has 1 heterocycles. The van der Waals surface area contributed by atoms with Crippen molar-refractivity contribution in [2.24, 2.45) is 12.0 Å². The van der Waals surface area contributed by atoms with Crippen LogP contribution in [0.5, 0.6) is 0 Å². The van der Waals surface area contributed by atoms with Gasteiger partial charge in [-0.05, 0) is 30.2 Å². The minimum atomic E-state index is -3.14. The summed E-state index contributed by atoms with van der Waals surface area (Å²) in [4.78, 5) is 4.52. The Hall–Kier alpha value is -1.62. The van der Waals surface area contributed by atoms with Gasteiger partial charge < -0.3 is 10.6 Å². The summed E-state index contributed by atoms with van der Waals surface area (Å²) in [5.41, 5.74) is 2.13. The number of benzene rings is 1. The van der Waals surface area contributed by atoms with Crippen molar-refractivity contribution in [3.8, 4) is 0 Å². The lowest BCUT2D eigenvalue weighted by molar-refractivity contribution is 0.602. The number of aliphatic imine (C=N–C) groups is 1. The summed E-state index contributed by atoms with van der Waals surface area (Å²) < 4.78 is 24.7. The molecule has 0 radical (unpaired) electrons. The number of sulfone groups is 1. The molecule has 0 fully saturated rings. The van der Waals surface area contributed by atoms with Gasteiger partial charge in [0.15, 0.2) is 15.8 Å². The first-order valence-electron chi connectivity index (χ1n) is 7.60. The zero-order valence-electron chi connectivity index (χ0n) is 14.6. The van der Waals surface area contributed by atoms with E-state index in [0.29, 0.717) is 23.9 Å². The average molecular weight is 477 g/mol. The Morgan fingerprint density at radius 2 is 1.88 bits per heavy atom. The average Bonchev–Trinajstić information content (AvgIpc) is 2.95. The van der Waals surface area contributed by atoms with E-state index in [9.17, 15) is 8.42 Å².